The Kier molecular flexibility index (Phi) is 3.28. The Hall–Kier alpha value is 0.155. The summed E-state index contributed by atoms with van der Waals surface area (Å²) in [5.41, 5.74) is 0. The summed E-state index contributed by atoms with van der Waals surface area (Å²) < 4.78 is 0. The quantitative estimate of drug-likeness (QED) is 0.336. The summed E-state index contributed by atoms with van der Waals surface area (Å²) in [6, 6.07) is 0. The van der Waals surface area contributed by atoms with E-state index in [9.17, 15) is 0 Å². The molecule has 0 aliphatic heterocycles. The van der Waals surface area contributed by atoms with Crippen LogP contribution in [0, 0.1) is 0 Å². The van der Waals surface area contributed by atoms with E-state index < -0.39 is 0 Å². The van der Waals surface area contributed by atoms with Crippen molar-refractivity contribution in [3.8, 4) is 0 Å². The van der Waals surface area contributed by atoms with Crippen LogP contribution in [0.15, 0.2) is 12.6 Å². The van der Waals surface area contributed by atoms with Crippen LogP contribution in [-0.4, -0.2) is 6.56 Å². The van der Waals surface area contributed by atoms with Crippen LogP contribution < -0.4 is 0 Å². The fraction of sp³-hybridized carbons (Fsp3) is 0. The molecule has 0 saturated carbocycles. The van der Waals surface area contributed by atoms with Gasteiger partial charge >= 0.3 is 0 Å². The van der Waals surface area contributed by atoms with E-state index in [0.29, 0.717) is 0 Å². The van der Waals surface area contributed by atoms with Gasteiger partial charge in [-0.15, -0.1) is 12.6 Å². The molecule has 22 valence electrons. The van der Waals surface area contributed by atoms with Gasteiger partial charge in [-0.05, 0) is 0 Å². The predicted octanol–water partition coefficient (Wildman–Crippen LogP) is 0.411. The molecule has 0 N–H and O–H groups in total. The van der Waals surface area contributed by atoms with Crippen LogP contribution in [-0.2, 0) is 0 Å². The second-order valence-electron chi connectivity index (χ2n) is 0.471. The molecule has 0 bridgehead atoms. The van der Waals surface area contributed by atoms with Crippen molar-refractivity contribution >= 4 is 19.0 Å². The standard InChI is InChI=1S/C2H5BS/c1-2-3-4/h2-4H,1H2. The van der Waals surface area contributed by atoms with E-state index in [2.05, 4.69) is 19.1 Å². The Bertz CT molecular complexity index is 20.0. The Morgan fingerprint density at radius 2 is 2.25 bits per heavy atom. The first kappa shape index (κ1) is 4.15. The minimum absolute atomic E-state index is 0.778. The molecule has 0 rings (SSSR count). The molecule has 0 heterocycles. The second-order valence-corrected chi connectivity index (χ2v) is 0.836. The molecule has 0 saturated heterocycles. The SMILES string of the molecule is C=CBS. The Balaban J connectivity index is 2.30. The van der Waals surface area contributed by atoms with Crippen LogP contribution in [0.3, 0.4) is 0 Å². The molecule has 4 heavy (non-hydrogen) atoms. The highest BCUT2D eigenvalue weighted by Gasteiger charge is 1.53. The van der Waals surface area contributed by atoms with Crippen LogP contribution >= 0.6 is 12.5 Å². The first-order valence-corrected chi connectivity index (χ1v) is 1.77. The van der Waals surface area contributed by atoms with Crippen molar-refractivity contribution in [1.82, 2.24) is 0 Å². The van der Waals surface area contributed by atoms with Gasteiger partial charge in [0.05, 0.1) is 0 Å². The summed E-state index contributed by atoms with van der Waals surface area (Å²) in [4.78, 5) is 0. The summed E-state index contributed by atoms with van der Waals surface area (Å²) >= 11 is 3.80. The third-order valence-corrected chi connectivity index (χ3v) is 0.387. The zero-order valence-electron chi connectivity index (χ0n) is 2.44. The maximum Gasteiger partial charge on any atom is 0.211 e. The minimum atomic E-state index is 0.778. The van der Waals surface area contributed by atoms with Gasteiger partial charge in [0, 0.05) is 0 Å². The number of hydrogen-bond acceptors (Lipinski definition) is 1. The van der Waals surface area contributed by atoms with Gasteiger partial charge < -0.3 is 0 Å². The van der Waals surface area contributed by atoms with Gasteiger partial charge in [-0.25, -0.2) is 12.5 Å². The fourth-order valence-electron chi connectivity index (χ4n) is 0. The summed E-state index contributed by atoms with van der Waals surface area (Å²) in [5.74, 6) is 1.74. The van der Waals surface area contributed by atoms with Crippen molar-refractivity contribution in [3.05, 3.63) is 12.6 Å². The molecule has 0 unspecified atom stereocenters. The lowest BCUT2D eigenvalue weighted by Crippen LogP contribution is -1.55. The average Bonchev–Trinajstić information content (AvgIpc) is 1.37. The van der Waals surface area contributed by atoms with Gasteiger partial charge in [-0.1, -0.05) is 0 Å². The summed E-state index contributed by atoms with van der Waals surface area (Å²) in [7, 11) is 0. The lowest BCUT2D eigenvalue weighted by atomic mass is 10.1. The molecule has 0 atom stereocenters. The highest BCUT2D eigenvalue weighted by atomic mass is 32.1. The minimum Gasteiger partial charge on any atom is -0.226 e. The first-order chi connectivity index (χ1) is 1.91. The molecule has 0 spiro atoms. The summed E-state index contributed by atoms with van der Waals surface area (Å²) in [6.07, 6.45) is 0. The highest BCUT2D eigenvalue weighted by Crippen LogP contribution is 1.59. The fourth-order valence-corrected chi connectivity index (χ4v) is 0. The topological polar surface area (TPSA) is 0 Å². The molecule has 0 aromatic heterocycles. The highest BCUT2D eigenvalue weighted by molar-refractivity contribution is 8.07. The normalized spacial score (nSPS) is 5.25. The van der Waals surface area contributed by atoms with Crippen molar-refractivity contribution in [2.24, 2.45) is 0 Å². The molecule has 0 aromatic rings. The third-order valence-electron chi connectivity index (χ3n) is 0.129. The molecule has 0 fully saturated rings. The van der Waals surface area contributed by atoms with E-state index in [4.69, 9.17) is 0 Å². The first-order valence-electron chi connectivity index (χ1n) is 1.13. The van der Waals surface area contributed by atoms with E-state index in [1.54, 1.807) is 5.98 Å². The summed E-state index contributed by atoms with van der Waals surface area (Å²) in [5, 5.41) is 0. The van der Waals surface area contributed by atoms with Crippen molar-refractivity contribution in [1.29, 1.82) is 0 Å². The Morgan fingerprint density at radius 1 is 2.00 bits per heavy atom. The largest absolute Gasteiger partial charge is 0.226 e. The molecular weight excluding hydrogens is 66.9 g/mol. The van der Waals surface area contributed by atoms with Gasteiger partial charge in [0.15, 0.2) is 0 Å². The molecule has 0 aliphatic rings. The maximum atomic E-state index is 3.80. The van der Waals surface area contributed by atoms with Gasteiger partial charge in [-0.3, -0.25) is 0 Å². The molecule has 0 radical (unpaired) electrons. The van der Waals surface area contributed by atoms with Crippen LogP contribution in [0.1, 0.15) is 0 Å². The lowest BCUT2D eigenvalue weighted by Gasteiger charge is -1.52. The van der Waals surface area contributed by atoms with E-state index in [1.165, 1.54) is 0 Å². The van der Waals surface area contributed by atoms with Crippen LogP contribution in [0.4, 0.5) is 0 Å². The van der Waals surface area contributed by atoms with Crippen molar-refractivity contribution in [3.63, 3.8) is 0 Å². The number of rotatable bonds is 1. The zero-order chi connectivity index (χ0) is 3.41. The van der Waals surface area contributed by atoms with Crippen LogP contribution in [0.25, 0.3) is 0 Å². The van der Waals surface area contributed by atoms with E-state index in [1.807, 2.05) is 0 Å². The van der Waals surface area contributed by atoms with E-state index in [-0.39, 0.29) is 0 Å². The van der Waals surface area contributed by atoms with Crippen LogP contribution in [0.2, 0.25) is 0 Å². The zero-order valence-corrected chi connectivity index (χ0v) is 3.33. The number of hydrogen-bond donors (Lipinski definition) is 1. The average molecular weight is 71.9 g/mol. The van der Waals surface area contributed by atoms with Crippen molar-refractivity contribution in [2.45, 2.75) is 0 Å². The van der Waals surface area contributed by atoms with Crippen molar-refractivity contribution < 1.29 is 0 Å². The monoisotopic (exact) mass is 72.0 g/mol. The van der Waals surface area contributed by atoms with E-state index >= 15 is 0 Å². The molecule has 2 heteroatoms. The molecule has 0 amide bonds. The molecule has 0 aromatic carbocycles. The predicted molar refractivity (Wildman–Crippen MR) is 26.3 cm³/mol. The second kappa shape index (κ2) is 3.15. The maximum absolute atomic E-state index is 3.80. The van der Waals surface area contributed by atoms with Gasteiger partial charge in [0.25, 0.3) is 0 Å². The van der Waals surface area contributed by atoms with Gasteiger partial charge in [0.2, 0.25) is 6.56 Å². The molecule has 0 aliphatic carbocycles. The summed E-state index contributed by atoms with van der Waals surface area (Å²) in [6.45, 7) is 4.18. The van der Waals surface area contributed by atoms with Crippen molar-refractivity contribution in [2.75, 3.05) is 0 Å². The molecular formula is C2H5BS. The Morgan fingerprint density at radius 3 is 2.25 bits per heavy atom. The third kappa shape index (κ3) is 2.15. The van der Waals surface area contributed by atoms with Crippen LogP contribution in [0.5, 0.6) is 0 Å². The van der Waals surface area contributed by atoms with E-state index in [0.717, 1.165) is 6.56 Å². The number of thiol groups is 1. The lowest BCUT2D eigenvalue weighted by molar-refractivity contribution is 2.62. The van der Waals surface area contributed by atoms with Gasteiger partial charge in [0.1, 0.15) is 0 Å². The Labute approximate surface area is 32.5 Å². The van der Waals surface area contributed by atoms with Gasteiger partial charge in [-0.2, -0.15) is 0 Å². The smallest absolute Gasteiger partial charge is 0.211 e. The molecule has 0 nitrogen and oxygen atoms in total.